The van der Waals surface area contributed by atoms with Crippen LogP contribution in [-0.4, -0.2) is 29.1 Å². The molecule has 2 atom stereocenters. The zero-order valence-corrected chi connectivity index (χ0v) is 13.1. The Labute approximate surface area is 131 Å². The molecule has 1 aromatic carbocycles. The predicted octanol–water partition coefficient (Wildman–Crippen LogP) is 3.89. The first-order chi connectivity index (χ1) is 9.58. The van der Waals surface area contributed by atoms with Crippen molar-refractivity contribution in [3.63, 3.8) is 0 Å². The first-order valence-corrected chi connectivity index (χ1v) is 7.29. The third-order valence-corrected chi connectivity index (χ3v) is 4.08. The molecule has 0 radical (unpaired) electrons. The van der Waals surface area contributed by atoms with E-state index >= 15 is 0 Å². The smallest absolute Gasteiger partial charge is 0.303 e. The fourth-order valence-electron chi connectivity index (χ4n) is 3.10. The molecule has 1 aliphatic heterocycles. The van der Waals surface area contributed by atoms with Gasteiger partial charge in [0.2, 0.25) is 0 Å². The van der Waals surface area contributed by atoms with E-state index in [1.807, 2.05) is 6.07 Å². The molecular formula is C16H23ClFNO2. The molecule has 2 unspecified atom stereocenters. The van der Waals surface area contributed by atoms with E-state index in [1.54, 1.807) is 12.1 Å². The Morgan fingerprint density at radius 2 is 2.19 bits per heavy atom. The number of aliphatic carboxylic acids is 1. The zero-order chi connectivity index (χ0) is 14.5. The van der Waals surface area contributed by atoms with Gasteiger partial charge in [0.05, 0.1) is 0 Å². The number of rotatable bonds is 6. The van der Waals surface area contributed by atoms with Crippen molar-refractivity contribution in [2.75, 3.05) is 13.1 Å². The van der Waals surface area contributed by atoms with Gasteiger partial charge in [-0.2, -0.15) is 0 Å². The molecule has 21 heavy (non-hydrogen) atoms. The summed E-state index contributed by atoms with van der Waals surface area (Å²) in [5, 5.41) is 8.65. The van der Waals surface area contributed by atoms with E-state index in [-0.39, 0.29) is 30.7 Å². The normalized spacial score (nSPS) is 22.0. The summed E-state index contributed by atoms with van der Waals surface area (Å²) in [5.41, 5.74) is 1.04. The lowest BCUT2D eigenvalue weighted by Crippen LogP contribution is -2.26. The van der Waals surface area contributed by atoms with Gasteiger partial charge < -0.3 is 5.11 Å². The van der Waals surface area contributed by atoms with Gasteiger partial charge in [-0.25, -0.2) is 4.39 Å². The fraction of sp³-hybridized carbons (Fsp3) is 0.562. The Kier molecular flexibility index (Phi) is 7.12. The summed E-state index contributed by atoms with van der Waals surface area (Å²) in [7, 11) is 0. The SMILES string of the molecule is CC1CCN(CCCCC(=O)O)C1c1cccc(F)c1.Cl. The highest BCUT2D eigenvalue weighted by molar-refractivity contribution is 5.85. The number of benzene rings is 1. The average Bonchev–Trinajstić information content (AvgIpc) is 2.76. The lowest BCUT2D eigenvalue weighted by Gasteiger charge is -2.27. The second-order valence-electron chi connectivity index (χ2n) is 5.65. The Hall–Kier alpha value is -1.13. The number of likely N-dealkylation sites (tertiary alicyclic amines) is 1. The summed E-state index contributed by atoms with van der Waals surface area (Å²) in [6.07, 6.45) is 2.93. The summed E-state index contributed by atoms with van der Waals surface area (Å²) in [5.74, 6) is -0.412. The molecule has 0 aromatic heterocycles. The predicted molar refractivity (Wildman–Crippen MR) is 83.2 cm³/mol. The maximum Gasteiger partial charge on any atom is 0.303 e. The van der Waals surface area contributed by atoms with E-state index in [4.69, 9.17) is 5.11 Å². The van der Waals surface area contributed by atoms with E-state index in [1.165, 1.54) is 6.07 Å². The Morgan fingerprint density at radius 1 is 1.43 bits per heavy atom. The second kappa shape index (κ2) is 8.35. The topological polar surface area (TPSA) is 40.5 Å². The van der Waals surface area contributed by atoms with Crippen LogP contribution in [0.2, 0.25) is 0 Å². The highest BCUT2D eigenvalue weighted by atomic mass is 35.5. The average molecular weight is 316 g/mol. The number of unbranched alkanes of at least 4 members (excludes halogenated alkanes) is 1. The van der Waals surface area contributed by atoms with Gasteiger partial charge in [0.15, 0.2) is 0 Å². The third kappa shape index (κ3) is 4.97. The summed E-state index contributed by atoms with van der Waals surface area (Å²) in [6, 6.07) is 7.10. The van der Waals surface area contributed by atoms with Crippen molar-refractivity contribution in [3.05, 3.63) is 35.6 Å². The number of halogens is 2. The van der Waals surface area contributed by atoms with Crippen molar-refractivity contribution >= 4 is 18.4 Å². The zero-order valence-electron chi connectivity index (χ0n) is 12.3. The van der Waals surface area contributed by atoms with Gasteiger partial charge in [0.1, 0.15) is 5.82 Å². The molecule has 1 aromatic rings. The number of carboxylic acid groups (broad SMARTS) is 1. The molecule has 1 N–H and O–H groups in total. The minimum Gasteiger partial charge on any atom is -0.481 e. The van der Waals surface area contributed by atoms with Crippen molar-refractivity contribution < 1.29 is 14.3 Å². The van der Waals surface area contributed by atoms with Crippen LogP contribution >= 0.6 is 12.4 Å². The molecule has 5 heteroatoms. The molecule has 0 spiro atoms. The lowest BCUT2D eigenvalue weighted by molar-refractivity contribution is -0.137. The van der Waals surface area contributed by atoms with Crippen LogP contribution in [-0.2, 0) is 4.79 Å². The molecule has 0 saturated carbocycles. The van der Waals surface area contributed by atoms with Crippen LogP contribution in [0.5, 0.6) is 0 Å². The van der Waals surface area contributed by atoms with E-state index in [2.05, 4.69) is 11.8 Å². The molecule has 1 fully saturated rings. The van der Waals surface area contributed by atoms with Crippen LogP contribution in [0.15, 0.2) is 24.3 Å². The van der Waals surface area contributed by atoms with Crippen molar-refractivity contribution in [3.8, 4) is 0 Å². The molecule has 118 valence electrons. The largest absolute Gasteiger partial charge is 0.481 e. The summed E-state index contributed by atoms with van der Waals surface area (Å²) in [4.78, 5) is 12.9. The third-order valence-electron chi connectivity index (χ3n) is 4.08. The highest BCUT2D eigenvalue weighted by Gasteiger charge is 2.31. The van der Waals surface area contributed by atoms with Gasteiger partial charge in [-0.05, 0) is 56.0 Å². The molecule has 2 rings (SSSR count). The molecule has 1 heterocycles. The van der Waals surface area contributed by atoms with Gasteiger partial charge in [-0.1, -0.05) is 19.1 Å². The number of hydrogen-bond donors (Lipinski definition) is 1. The first kappa shape index (κ1) is 17.9. The molecule has 0 amide bonds. The summed E-state index contributed by atoms with van der Waals surface area (Å²) >= 11 is 0. The summed E-state index contributed by atoms with van der Waals surface area (Å²) < 4.78 is 13.4. The van der Waals surface area contributed by atoms with Crippen molar-refractivity contribution in [1.29, 1.82) is 0 Å². The van der Waals surface area contributed by atoms with Crippen molar-refractivity contribution in [1.82, 2.24) is 4.90 Å². The molecule has 3 nitrogen and oxygen atoms in total. The van der Waals surface area contributed by atoms with Crippen LogP contribution in [0.3, 0.4) is 0 Å². The summed E-state index contributed by atoms with van der Waals surface area (Å²) in [6.45, 7) is 4.10. The van der Waals surface area contributed by atoms with Gasteiger partial charge in [-0.3, -0.25) is 9.69 Å². The van der Waals surface area contributed by atoms with Crippen molar-refractivity contribution in [2.45, 2.75) is 38.6 Å². The van der Waals surface area contributed by atoms with E-state index < -0.39 is 5.97 Å². The molecule has 0 aliphatic carbocycles. The van der Waals surface area contributed by atoms with Crippen LogP contribution in [0.25, 0.3) is 0 Å². The molecule has 0 bridgehead atoms. The van der Waals surface area contributed by atoms with Crippen LogP contribution in [0.1, 0.15) is 44.2 Å². The second-order valence-corrected chi connectivity index (χ2v) is 5.65. The maximum atomic E-state index is 13.4. The van der Waals surface area contributed by atoms with Crippen LogP contribution in [0.4, 0.5) is 4.39 Å². The quantitative estimate of drug-likeness (QED) is 0.810. The van der Waals surface area contributed by atoms with Crippen LogP contribution in [0, 0.1) is 11.7 Å². The number of hydrogen-bond acceptors (Lipinski definition) is 2. The first-order valence-electron chi connectivity index (χ1n) is 7.29. The number of nitrogens with zero attached hydrogens (tertiary/aromatic N) is 1. The Morgan fingerprint density at radius 3 is 2.86 bits per heavy atom. The van der Waals surface area contributed by atoms with Gasteiger partial charge in [0.25, 0.3) is 0 Å². The number of carboxylic acids is 1. The van der Waals surface area contributed by atoms with Crippen LogP contribution < -0.4 is 0 Å². The standard InChI is InChI=1S/C16H22FNO2.ClH/c1-12-8-10-18(9-3-2-7-15(19)20)16(12)13-5-4-6-14(17)11-13;/h4-6,11-12,16H,2-3,7-10H2,1H3,(H,19,20);1H. The van der Waals surface area contributed by atoms with Gasteiger partial charge in [0, 0.05) is 12.5 Å². The van der Waals surface area contributed by atoms with E-state index in [9.17, 15) is 9.18 Å². The number of carbonyl (C=O) groups is 1. The lowest BCUT2D eigenvalue weighted by atomic mass is 9.95. The molecular weight excluding hydrogens is 293 g/mol. The fourth-order valence-corrected chi connectivity index (χ4v) is 3.10. The van der Waals surface area contributed by atoms with Gasteiger partial charge in [-0.15, -0.1) is 12.4 Å². The molecule has 1 saturated heterocycles. The maximum absolute atomic E-state index is 13.4. The minimum atomic E-state index is -0.735. The Balaban J connectivity index is 0.00000220. The van der Waals surface area contributed by atoms with Crippen molar-refractivity contribution in [2.24, 2.45) is 5.92 Å². The van der Waals surface area contributed by atoms with Gasteiger partial charge >= 0.3 is 5.97 Å². The van der Waals surface area contributed by atoms with E-state index in [0.29, 0.717) is 12.3 Å². The monoisotopic (exact) mass is 315 g/mol. The minimum absolute atomic E-state index is 0. The Bertz CT molecular complexity index is 469. The highest BCUT2D eigenvalue weighted by Crippen LogP contribution is 2.37. The molecule has 1 aliphatic rings. The van der Waals surface area contributed by atoms with E-state index in [0.717, 1.165) is 31.5 Å².